The zero-order valence-corrected chi connectivity index (χ0v) is 12.3. The molecule has 21 heavy (non-hydrogen) atoms. The second-order valence-corrected chi connectivity index (χ2v) is 6.72. The number of nitrogens with one attached hydrogen (secondary N) is 1. The van der Waals surface area contributed by atoms with Crippen molar-refractivity contribution in [3.8, 4) is 0 Å². The number of hydrogen-bond acceptors (Lipinski definition) is 4. The maximum atomic E-state index is 13.2. The van der Waals surface area contributed by atoms with Crippen molar-refractivity contribution in [2.45, 2.75) is 24.2 Å². The third-order valence-corrected chi connectivity index (χ3v) is 4.73. The quantitative estimate of drug-likeness (QED) is 0.782. The van der Waals surface area contributed by atoms with Gasteiger partial charge in [-0.3, -0.25) is 4.79 Å². The van der Waals surface area contributed by atoms with Gasteiger partial charge in [-0.1, -0.05) is 0 Å². The van der Waals surface area contributed by atoms with E-state index in [-0.39, 0.29) is 29.5 Å². The predicted molar refractivity (Wildman–Crippen MR) is 76.4 cm³/mol. The number of amides is 1. The van der Waals surface area contributed by atoms with Gasteiger partial charge in [-0.05, 0) is 31.0 Å². The molecule has 1 heterocycles. The van der Waals surface area contributed by atoms with Crippen LogP contribution >= 0.6 is 0 Å². The molecule has 1 fully saturated rings. The van der Waals surface area contributed by atoms with Crippen molar-refractivity contribution in [3.05, 3.63) is 24.0 Å². The number of nitrogens with two attached hydrogens (primary N) is 1. The highest BCUT2D eigenvalue weighted by molar-refractivity contribution is 7.89. The molecule has 116 valence electrons. The van der Waals surface area contributed by atoms with Crippen LogP contribution in [0.1, 0.15) is 19.3 Å². The second-order valence-electron chi connectivity index (χ2n) is 4.96. The van der Waals surface area contributed by atoms with E-state index in [4.69, 9.17) is 5.73 Å². The van der Waals surface area contributed by atoms with Crippen molar-refractivity contribution >= 4 is 21.6 Å². The highest BCUT2D eigenvalue weighted by Gasteiger charge is 2.19. The number of rotatable bonds is 5. The van der Waals surface area contributed by atoms with Gasteiger partial charge in [-0.2, -0.15) is 0 Å². The summed E-state index contributed by atoms with van der Waals surface area (Å²) in [5, 5.41) is 0. The Balaban J connectivity index is 1.93. The lowest BCUT2D eigenvalue weighted by Crippen LogP contribution is -2.32. The van der Waals surface area contributed by atoms with Gasteiger partial charge < -0.3 is 10.6 Å². The first-order valence-corrected chi connectivity index (χ1v) is 8.20. The van der Waals surface area contributed by atoms with E-state index in [1.54, 1.807) is 4.90 Å². The third-order valence-electron chi connectivity index (χ3n) is 3.29. The minimum absolute atomic E-state index is 0.0198. The molecule has 0 atom stereocenters. The summed E-state index contributed by atoms with van der Waals surface area (Å²) in [5.41, 5.74) is 5.45. The number of hydrogen-bond donors (Lipinski definition) is 2. The van der Waals surface area contributed by atoms with Gasteiger partial charge in [0.15, 0.2) is 0 Å². The SMILES string of the molecule is Nc1cc(F)cc(S(=O)(=O)NCCC(=O)N2CCCC2)c1. The molecule has 0 unspecified atom stereocenters. The standard InChI is InChI=1S/C13H18FN3O3S/c14-10-7-11(15)9-12(8-10)21(19,20)16-4-3-13(18)17-5-1-2-6-17/h7-9,16H,1-6,15H2. The number of nitrogen functional groups attached to an aromatic ring is 1. The topological polar surface area (TPSA) is 92.5 Å². The van der Waals surface area contributed by atoms with E-state index in [0.717, 1.165) is 38.1 Å². The van der Waals surface area contributed by atoms with Crippen molar-refractivity contribution in [2.75, 3.05) is 25.4 Å². The van der Waals surface area contributed by atoms with Gasteiger partial charge in [0, 0.05) is 31.7 Å². The minimum Gasteiger partial charge on any atom is -0.399 e. The average Bonchev–Trinajstić information content (AvgIpc) is 2.91. The summed E-state index contributed by atoms with van der Waals surface area (Å²) in [6.07, 6.45) is 2.06. The van der Waals surface area contributed by atoms with Crippen LogP contribution in [0.5, 0.6) is 0 Å². The van der Waals surface area contributed by atoms with Crippen LogP contribution in [0.2, 0.25) is 0 Å². The Morgan fingerprint density at radius 3 is 2.57 bits per heavy atom. The summed E-state index contributed by atoms with van der Waals surface area (Å²) in [5.74, 6) is -0.794. The molecule has 2 rings (SSSR count). The molecule has 1 aliphatic rings. The smallest absolute Gasteiger partial charge is 0.240 e. The molecule has 0 bridgehead atoms. The van der Waals surface area contributed by atoms with Gasteiger partial charge >= 0.3 is 0 Å². The zero-order chi connectivity index (χ0) is 15.5. The normalized spacial score (nSPS) is 15.4. The number of nitrogens with zero attached hydrogens (tertiary/aromatic N) is 1. The Hall–Kier alpha value is -1.67. The zero-order valence-electron chi connectivity index (χ0n) is 11.5. The van der Waals surface area contributed by atoms with Crippen LogP contribution < -0.4 is 10.5 Å². The van der Waals surface area contributed by atoms with Gasteiger partial charge in [-0.25, -0.2) is 17.5 Å². The minimum atomic E-state index is -3.87. The summed E-state index contributed by atoms with van der Waals surface area (Å²) in [6.45, 7) is 1.44. The molecule has 8 heteroatoms. The number of carbonyl (C=O) groups excluding carboxylic acids is 1. The van der Waals surface area contributed by atoms with E-state index >= 15 is 0 Å². The van der Waals surface area contributed by atoms with E-state index in [2.05, 4.69) is 4.72 Å². The fourth-order valence-electron chi connectivity index (χ4n) is 2.24. The van der Waals surface area contributed by atoms with E-state index < -0.39 is 15.8 Å². The molecule has 0 saturated carbocycles. The lowest BCUT2D eigenvalue weighted by atomic mass is 10.3. The van der Waals surface area contributed by atoms with Crippen molar-refractivity contribution in [2.24, 2.45) is 0 Å². The highest BCUT2D eigenvalue weighted by atomic mass is 32.2. The average molecular weight is 315 g/mol. The summed E-state index contributed by atoms with van der Waals surface area (Å²) in [7, 11) is -3.87. The van der Waals surface area contributed by atoms with Crippen LogP contribution in [0, 0.1) is 5.82 Å². The summed E-state index contributed by atoms with van der Waals surface area (Å²) in [6, 6.07) is 3.10. The Kier molecular flexibility index (Phi) is 4.79. The first-order chi connectivity index (χ1) is 9.88. The lowest BCUT2D eigenvalue weighted by Gasteiger charge is -2.15. The maximum Gasteiger partial charge on any atom is 0.240 e. The molecular formula is C13H18FN3O3S. The van der Waals surface area contributed by atoms with Crippen LogP contribution in [0.3, 0.4) is 0 Å². The van der Waals surface area contributed by atoms with Crippen molar-refractivity contribution < 1.29 is 17.6 Å². The molecular weight excluding hydrogens is 297 g/mol. The Labute approximate surface area is 123 Å². The van der Waals surface area contributed by atoms with Crippen LogP contribution in [0.4, 0.5) is 10.1 Å². The molecule has 0 aliphatic carbocycles. The highest BCUT2D eigenvalue weighted by Crippen LogP contribution is 2.15. The van der Waals surface area contributed by atoms with E-state index in [1.165, 1.54) is 6.07 Å². The molecule has 1 aromatic carbocycles. The molecule has 0 spiro atoms. The fourth-order valence-corrected chi connectivity index (χ4v) is 3.34. The molecule has 0 radical (unpaired) electrons. The number of anilines is 1. The number of benzene rings is 1. The van der Waals surface area contributed by atoms with E-state index in [9.17, 15) is 17.6 Å². The van der Waals surface area contributed by atoms with Gasteiger partial charge in [0.05, 0.1) is 4.90 Å². The monoisotopic (exact) mass is 315 g/mol. The van der Waals surface area contributed by atoms with Crippen molar-refractivity contribution in [1.82, 2.24) is 9.62 Å². The lowest BCUT2D eigenvalue weighted by molar-refractivity contribution is -0.129. The Morgan fingerprint density at radius 1 is 1.29 bits per heavy atom. The number of sulfonamides is 1. The number of carbonyl (C=O) groups is 1. The van der Waals surface area contributed by atoms with Gasteiger partial charge in [0.1, 0.15) is 5.82 Å². The summed E-state index contributed by atoms with van der Waals surface area (Å²) < 4.78 is 39.4. The van der Waals surface area contributed by atoms with Gasteiger partial charge in [0.25, 0.3) is 0 Å². The molecule has 1 aromatic rings. The molecule has 1 saturated heterocycles. The Morgan fingerprint density at radius 2 is 1.95 bits per heavy atom. The van der Waals surface area contributed by atoms with Crippen LogP contribution in [-0.2, 0) is 14.8 Å². The first kappa shape index (κ1) is 15.7. The van der Waals surface area contributed by atoms with Crippen molar-refractivity contribution in [3.63, 3.8) is 0 Å². The predicted octanol–water partition coefficient (Wildman–Crippen LogP) is 0.699. The van der Waals surface area contributed by atoms with Crippen molar-refractivity contribution in [1.29, 1.82) is 0 Å². The molecule has 6 nitrogen and oxygen atoms in total. The molecule has 1 aliphatic heterocycles. The number of likely N-dealkylation sites (tertiary alicyclic amines) is 1. The van der Waals surface area contributed by atoms with Crippen LogP contribution in [0.15, 0.2) is 23.1 Å². The molecule has 3 N–H and O–H groups in total. The van der Waals surface area contributed by atoms with E-state index in [0.29, 0.717) is 0 Å². The molecule has 0 aromatic heterocycles. The summed E-state index contributed by atoms with van der Waals surface area (Å²) >= 11 is 0. The largest absolute Gasteiger partial charge is 0.399 e. The Bertz CT molecular complexity index is 607. The number of halogens is 1. The maximum absolute atomic E-state index is 13.2. The first-order valence-electron chi connectivity index (χ1n) is 6.72. The van der Waals surface area contributed by atoms with Crippen LogP contribution in [0.25, 0.3) is 0 Å². The molecule has 1 amide bonds. The third kappa shape index (κ3) is 4.15. The van der Waals surface area contributed by atoms with E-state index in [1.807, 2.05) is 0 Å². The fraction of sp³-hybridized carbons (Fsp3) is 0.462. The van der Waals surface area contributed by atoms with Gasteiger partial charge in [-0.15, -0.1) is 0 Å². The second kappa shape index (κ2) is 6.40. The van der Waals surface area contributed by atoms with Gasteiger partial charge in [0.2, 0.25) is 15.9 Å². The summed E-state index contributed by atoms with van der Waals surface area (Å²) in [4.78, 5) is 13.3. The van der Waals surface area contributed by atoms with Crippen LogP contribution in [-0.4, -0.2) is 38.9 Å².